The van der Waals surface area contributed by atoms with Crippen LogP contribution in [0.5, 0.6) is 5.75 Å². The Bertz CT molecular complexity index is 330. The van der Waals surface area contributed by atoms with Crippen molar-refractivity contribution in [2.75, 3.05) is 6.61 Å². The van der Waals surface area contributed by atoms with E-state index in [0.717, 1.165) is 37.8 Å². The summed E-state index contributed by atoms with van der Waals surface area (Å²) in [4.78, 5) is 0. The van der Waals surface area contributed by atoms with Gasteiger partial charge in [0.05, 0.1) is 13.2 Å². The van der Waals surface area contributed by atoms with Crippen LogP contribution in [-0.2, 0) is 6.61 Å². The highest BCUT2D eigenvalue weighted by Gasteiger charge is 2.12. The molecule has 96 valence electrons. The molecule has 0 aliphatic heterocycles. The van der Waals surface area contributed by atoms with Crippen LogP contribution in [0.3, 0.4) is 0 Å². The Balaban J connectivity index is 2.53. The molecule has 1 aromatic rings. The molecule has 4 heteroatoms. The number of hydrogen-bond acceptors (Lipinski definition) is 2. The van der Waals surface area contributed by atoms with Crippen molar-refractivity contribution in [3.63, 3.8) is 0 Å². The van der Waals surface area contributed by atoms with Crippen LogP contribution < -0.4 is 4.74 Å². The average Bonchev–Trinajstić information content (AvgIpc) is 2.31. The molecule has 0 aromatic heterocycles. The summed E-state index contributed by atoms with van der Waals surface area (Å²) in [6, 6.07) is 2.18. The molecule has 0 amide bonds. The molecule has 0 atom stereocenters. The van der Waals surface area contributed by atoms with Gasteiger partial charge in [0.15, 0.2) is 17.4 Å². The lowest BCUT2D eigenvalue weighted by Gasteiger charge is -2.09. The monoisotopic (exact) mass is 244 g/mol. The number of halogens is 2. The first-order valence-corrected chi connectivity index (χ1v) is 5.90. The molecule has 2 nitrogen and oxygen atoms in total. The van der Waals surface area contributed by atoms with E-state index in [-0.39, 0.29) is 17.9 Å². The molecule has 0 fully saturated rings. The largest absolute Gasteiger partial charge is 0.488 e. The predicted molar refractivity (Wildman–Crippen MR) is 61.9 cm³/mol. The summed E-state index contributed by atoms with van der Waals surface area (Å²) >= 11 is 0. The van der Waals surface area contributed by atoms with Crippen molar-refractivity contribution < 1.29 is 18.6 Å². The number of aliphatic hydroxyl groups excluding tert-OH is 1. The smallest absolute Gasteiger partial charge is 0.190 e. The van der Waals surface area contributed by atoms with E-state index >= 15 is 0 Å². The van der Waals surface area contributed by atoms with Gasteiger partial charge in [0.25, 0.3) is 0 Å². The lowest BCUT2D eigenvalue weighted by molar-refractivity contribution is 0.267. The van der Waals surface area contributed by atoms with Gasteiger partial charge in [0.1, 0.15) is 0 Å². The average molecular weight is 244 g/mol. The Labute approximate surface area is 100 Å². The molecule has 0 saturated carbocycles. The van der Waals surface area contributed by atoms with Gasteiger partial charge in [-0.1, -0.05) is 26.2 Å². The van der Waals surface area contributed by atoms with E-state index in [9.17, 15) is 8.78 Å². The molecule has 17 heavy (non-hydrogen) atoms. The number of ether oxygens (including phenoxy) is 1. The summed E-state index contributed by atoms with van der Waals surface area (Å²) < 4.78 is 31.9. The van der Waals surface area contributed by atoms with Crippen LogP contribution in [0, 0.1) is 11.6 Å². The molecule has 0 radical (unpaired) electrons. The minimum Gasteiger partial charge on any atom is -0.488 e. The second kappa shape index (κ2) is 7.22. The normalized spacial score (nSPS) is 10.6. The van der Waals surface area contributed by atoms with Crippen LogP contribution >= 0.6 is 0 Å². The second-order valence-corrected chi connectivity index (χ2v) is 3.96. The molecule has 1 N–H and O–H groups in total. The minimum absolute atomic E-state index is 0.207. The molecule has 0 bridgehead atoms. The quantitative estimate of drug-likeness (QED) is 0.745. The molecule has 0 aliphatic carbocycles. The van der Waals surface area contributed by atoms with Crippen molar-refractivity contribution in [1.82, 2.24) is 0 Å². The summed E-state index contributed by atoms with van der Waals surface area (Å²) in [7, 11) is 0. The SMILES string of the molecule is CCCCCCOc1c(F)cc(CO)cc1F. The fraction of sp³-hybridized carbons (Fsp3) is 0.538. The first-order chi connectivity index (χ1) is 8.19. The van der Waals surface area contributed by atoms with E-state index in [4.69, 9.17) is 9.84 Å². The molecular formula is C13H18F2O2. The van der Waals surface area contributed by atoms with E-state index in [1.807, 2.05) is 0 Å². The zero-order chi connectivity index (χ0) is 12.7. The van der Waals surface area contributed by atoms with Gasteiger partial charge in [0.2, 0.25) is 0 Å². The molecular weight excluding hydrogens is 226 g/mol. The van der Waals surface area contributed by atoms with Crippen LogP contribution in [0.2, 0.25) is 0 Å². The Morgan fingerprint density at radius 3 is 2.29 bits per heavy atom. The maximum atomic E-state index is 13.4. The Hall–Kier alpha value is -1.16. The molecule has 0 saturated heterocycles. The van der Waals surface area contributed by atoms with Gasteiger partial charge in [-0.15, -0.1) is 0 Å². The van der Waals surface area contributed by atoms with E-state index in [1.165, 1.54) is 0 Å². The summed E-state index contributed by atoms with van der Waals surface area (Å²) in [5, 5.41) is 8.78. The molecule has 1 aromatic carbocycles. The number of hydrogen-bond donors (Lipinski definition) is 1. The molecule has 1 rings (SSSR count). The zero-order valence-corrected chi connectivity index (χ0v) is 10.0. The lowest BCUT2D eigenvalue weighted by atomic mass is 10.2. The van der Waals surface area contributed by atoms with Crippen molar-refractivity contribution in [3.05, 3.63) is 29.3 Å². The van der Waals surface area contributed by atoms with E-state index < -0.39 is 11.6 Å². The van der Waals surface area contributed by atoms with Gasteiger partial charge in [-0.05, 0) is 24.1 Å². The third-order valence-electron chi connectivity index (χ3n) is 2.48. The maximum Gasteiger partial charge on any atom is 0.190 e. The summed E-state index contributed by atoms with van der Waals surface area (Å²) in [6.07, 6.45) is 3.98. The standard InChI is InChI=1S/C13H18F2O2/c1-2-3-4-5-6-17-13-11(14)7-10(9-16)8-12(13)15/h7-8,16H,2-6,9H2,1H3. The molecule has 0 aliphatic rings. The Kier molecular flexibility index (Phi) is 5.91. The highest BCUT2D eigenvalue weighted by atomic mass is 19.1. The summed E-state index contributed by atoms with van der Waals surface area (Å²) in [6.45, 7) is 2.02. The second-order valence-electron chi connectivity index (χ2n) is 3.96. The van der Waals surface area contributed by atoms with Crippen LogP contribution in [0.4, 0.5) is 8.78 Å². The van der Waals surface area contributed by atoms with Crippen molar-refractivity contribution in [3.8, 4) is 5.75 Å². The van der Waals surface area contributed by atoms with Gasteiger partial charge in [-0.3, -0.25) is 0 Å². The van der Waals surface area contributed by atoms with Crippen molar-refractivity contribution in [2.45, 2.75) is 39.2 Å². The van der Waals surface area contributed by atoms with Crippen LogP contribution in [0.1, 0.15) is 38.2 Å². The van der Waals surface area contributed by atoms with Crippen LogP contribution in [0.15, 0.2) is 12.1 Å². The fourth-order valence-corrected chi connectivity index (χ4v) is 1.54. The van der Waals surface area contributed by atoms with Crippen molar-refractivity contribution >= 4 is 0 Å². The lowest BCUT2D eigenvalue weighted by Crippen LogP contribution is -2.02. The number of rotatable bonds is 7. The number of benzene rings is 1. The summed E-state index contributed by atoms with van der Waals surface area (Å²) in [5.74, 6) is -1.87. The van der Waals surface area contributed by atoms with Gasteiger partial charge in [-0.25, -0.2) is 8.78 Å². The van der Waals surface area contributed by atoms with E-state index in [2.05, 4.69) is 6.92 Å². The molecule has 0 unspecified atom stereocenters. The van der Waals surface area contributed by atoms with Crippen LogP contribution in [0.25, 0.3) is 0 Å². The van der Waals surface area contributed by atoms with Gasteiger partial charge >= 0.3 is 0 Å². The van der Waals surface area contributed by atoms with Crippen molar-refractivity contribution in [2.24, 2.45) is 0 Å². The number of aliphatic hydroxyl groups is 1. The topological polar surface area (TPSA) is 29.5 Å². The highest BCUT2D eigenvalue weighted by molar-refractivity contribution is 5.31. The predicted octanol–water partition coefficient (Wildman–Crippen LogP) is 3.42. The minimum atomic E-state index is -0.760. The van der Waals surface area contributed by atoms with Gasteiger partial charge in [0, 0.05) is 0 Å². The summed E-state index contributed by atoms with van der Waals surface area (Å²) in [5.41, 5.74) is 0.207. The Morgan fingerprint density at radius 2 is 1.76 bits per heavy atom. The molecule has 0 heterocycles. The Morgan fingerprint density at radius 1 is 1.12 bits per heavy atom. The van der Waals surface area contributed by atoms with Crippen molar-refractivity contribution in [1.29, 1.82) is 0 Å². The van der Waals surface area contributed by atoms with E-state index in [0.29, 0.717) is 6.61 Å². The highest BCUT2D eigenvalue weighted by Crippen LogP contribution is 2.23. The first-order valence-electron chi connectivity index (χ1n) is 5.90. The maximum absolute atomic E-state index is 13.4. The van der Waals surface area contributed by atoms with Crippen LogP contribution in [-0.4, -0.2) is 11.7 Å². The third-order valence-corrected chi connectivity index (χ3v) is 2.48. The molecule has 0 spiro atoms. The first kappa shape index (κ1) is 13.9. The number of unbranched alkanes of at least 4 members (excludes halogenated alkanes) is 3. The van der Waals surface area contributed by atoms with Gasteiger partial charge < -0.3 is 9.84 Å². The third kappa shape index (κ3) is 4.30. The zero-order valence-electron chi connectivity index (χ0n) is 10.0. The van der Waals surface area contributed by atoms with E-state index in [1.54, 1.807) is 0 Å². The van der Waals surface area contributed by atoms with Gasteiger partial charge in [-0.2, -0.15) is 0 Å². The fourth-order valence-electron chi connectivity index (χ4n) is 1.54.